The standard InChI is InChI=1S/C12H17N3O4S/c1-8-5-9(6-8)14-20(18,19)10-3-4-11(13-2)12(7-10)15(16)17/h3-4,7-9,13-14H,5-6H2,1-2H3. The third-order valence-electron chi connectivity index (χ3n) is 3.44. The molecule has 110 valence electrons. The largest absolute Gasteiger partial charge is 0.383 e. The molecule has 0 amide bonds. The Morgan fingerprint density at radius 2 is 2.00 bits per heavy atom. The van der Waals surface area contributed by atoms with Gasteiger partial charge in [-0.2, -0.15) is 0 Å². The molecule has 1 fully saturated rings. The van der Waals surface area contributed by atoms with E-state index in [1.54, 1.807) is 7.05 Å². The van der Waals surface area contributed by atoms with Gasteiger partial charge in [-0.05, 0) is 30.9 Å². The number of rotatable bonds is 5. The summed E-state index contributed by atoms with van der Waals surface area (Å²) >= 11 is 0. The highest BCUT2D eigenvalue weighted by atomic mass is 32.2. The molecule has 1 aromatic rings. The summed E-state index contributed by atoms with van der Waals surface area (Å²) in [5, 5.41) is 13.6. The highest BCUT2D eigenvalue weighted by Gasteiger charge is 2.30. The molecule has 0 heterocycles. The van der Waals surface area contributed by atoms with Crippen molar-refractivity contribution < 1.29 is 13.3 Å². The summed E-state index contributed by atoms with van der Waals surface area (Å²) in [6.45, 7) is 2.05. The van der Waals surface area contributed by atoms with Gasteiger partial charge in [0.25, 0.3) is 5.69 Å². The van der Waals surface area contributed by atoms with Gasteiger partial charge >= 0.3 is 0 Å². The average molecular weight is 299 g/mol. The van der Waals surface area contributed by atoms with Crippen molar-refractivity contribution in [2.24, 2.45) is 5.92 Å². The third-order valence-corrected chi connectivity index (χ3v) is 4.96. The van der Waals surface area contributed by atoms with Gasteiger partial charge in [0.1, 0.15) is 5.69 Å². The van der Waals surface area contributed by atoms with Crippen LogP contribution in [0.15, 0.2) is 23.1 Å². The van der Waals surface area contributed by atoms with Crippen LogP contribution in [0.25, 0.3) is 0 Å². The zero-order chi connectivity index (χ0) is 14.9. The molecule has 0 atom stereocenters. The van der Waals surface area contributed by atoms with Gasteiger partial charge in [0.2, 0.25) is 10.0 Å². The van der Waals surface area contributed by atoms with E-state index in [0.29, 0.717) is 5.92 Å². The second kappa shape index (κ2) is 5.37. The molecule has 2 rings (SSSR count). The normalized spacial score (nSPS) is 22.1. The monoisotopic (exact) mass is 299 g/mol. The molecule has 0 aromatic heterocycles. The molecule has 0 unspecified atom stereocenters. The van der Waals surface area contributed by atoms with E-state index in [0.717, 1.165) is 18.9 Å². The molecule has 1 aliphatic rings. The first-order chi connectivity index (χ1) is 9.33. The Kier molecular flexibility index (Phi) is 3.96. The molecule has 0 bridgehead atoms. The summed E-state index contributed by atoms with van der Waals surface area (Å²) < 4.78 is 26.9. The van der Waals surface area contributed by atoms with Gasteiger partial charge in [-0.3, -0.25) is 10.1 Å². The van der Waals surface area contributed by atoms with Crippen molar-refractivity contribution in [2.45, 2.75) is 30.7 Å². The smallest absolute Gasteiger partial charge is 0.293 e. The van der Waals surface area contributed by atoms with Crippen LogP contribution in [-0.4, -0.2) is 26.4 Å². The van der Waals surface area contributed by atoms with Crippen molar-refractivity contribution >= 4 is 21.4 Å². The van der Waals surface area contributed by atoms with Crippen LogP contribution in [-0.2, 0) is 10.0 Å². The summed E-state index contributed by atoms with van der Waals surface area (Å²) in [5.74, 6) is 0.517. The van der Waals surface area contributed by atoms with Gasteiger partial charge in [0.15, 0.2) is 0 Å². The quantitative estimate of drug-likeness (QED) is 0.636. The Labute approximate surface area is 117 Å². The summed E-state index contributed by atoms with van der Waals surface area (Å²) in [4.78, 5) is 10.3. The minimum atomic E-state index is -3.71. The molecule has 0 radical (unpaired) electrons. The van der Waals surface area contributed by atoms with Gasteiger partial charge in [0, 0.05) is 19.2 Å². The molecule has 2 N–H and O–H groups in total. The Balaban J connectivity index is 2.27. The molecule has 8 heteroatoms. The predicted octanol–water partition coefficient (Wildman–Crippen LogP) is 1.71. The van der Waals surface area contributed by atoms with Gasteiger partial charge in [-0.15, -0.1) is 0 Å². The number of nitrogens with zero attached hydrogens (tertiary/aromatic N) is 1. The lowest BCUT2D eigenvalue weighted by atomic mass is 9.83. The minimum absolute atomic E-state index is 0.0713. The van der Waals surface area contributed by atoms with Crippen molar-refractivity contribution in [2.75, 3.05) is 12.4 Å². The second-order valence-electron chi connectivity index (χ2n) is 5.08. The highest BCUT2D eigenvalue weighted by molar-refractivity contribution is 7.89. The van der Waals surface area contributed by atoms with E-state index >= 15 is 0 Å². The molecular formula is C12H17N3O4S. The van der Waals surface area contributed by atoms with Gasteiger partial charge in [-0.25, -0.2) is 13.1 Å². The first kappa shape index (κ1) is 14.7. The van der Waals surface area contributed by atoms with Crippen molar-refractivity contribution in [3.63, 3.8) is 0 Å². The number of nitro benzene ring substituents is 1. The number of hydrogen-bond donors (Lipinski definition) is 2. The Bertz CT molecular complexity index is 624. The maximum atomic E-state index is 12.2. The van der Waals surface area contributed by atoms with Crippen molar-refractivity contribution in [3.8, 4) is 0 Å². The minimum Gasteiger partial charge on any atom is -0.383 e. The van der Waals surface area contributed by atoms with Crippen molar-refractivity contribution in [3.05, 3.63) is 28.3 Å². The molecule has 7 nitrogen and oxygen atoms in total. The average Bonchev–Trinajstić information content (AvgIpc) is 2.35. The Hall–Kier alpha value is -1.67. The molecule has 1 saturated carbocycles. The lowest BCUT2D eigenvalue weighted by Crippen LogP contribution is -2.43. The first-order valence-corrected chi connectivity index (χ1v) is 7.80. The van der Waals surface area contributed by atoms with Crippen molar-refractivity contribution in [1.82, 2.24) is 4.72 Å². The molecule has 1 aliphatic carbocycles. The van der Waals surface area contributed by atoms with E-state index in [-0.39, 0.29) is 22.3 Å². The number of nitrogens with one attached hydrogen (secondary N) is 2. The number of anilines is 1. The summed E-state index contributed by atoms with van der Waals surface area (Å²) in [6.07, 6.45) is 1.60. The SMILES string of the molecule is CNc1ccc(S(=O)(=O)NC2CC(C)C2)cc1[N+](=O)[O-]. The lowest BCUT2D eigenvalue weighted by Gasteiger charge is -2.32. The fraction of sp³-hybridized carbons (Fsp3) is 0.500. The zero-order valence-corrected chi connectivity index (χ0v) is 12.1. The van der Waals surface area contributed by atoms with Crippen LogP contribution in [0.4, 0.5) is 11.4 Å². The van der Waals surface area contributed by atoms with Crippen LogP contribution in [0, 0.1) is 16.0 Å². The molecule has 20 heavy (non-hydrogen) atoms. The van der Waals surface area contributed by atoms with E-state index in [1.807, 2.05) is 0 Å². The van der Waals surface area contributed by atoms with Crippen LogP contribution >= 0.6 is 0 Å². The van der Waals surface area contributed by atoms with Crippen molar-refractivity contribution in [1.29, 1.82) is 0 Å². The highest BCUT2D eigenvalue weighted by Crippen LogP contribution is 2.30. The third kappa shape index (κ3) is 2.91. The molecular weight excluding hydrogens is 282 g/mol. The summed E-state index contributed by atoms with van der Waals surface area (Å²) in [6, 6.07) is 3.77. The van der Waals surface area contributed by atoms with Crippen LogP contribution in [0.1, 0.15) is 19.8 Å². The van der Waals surface area contributed by atoms with E-state index in [4.69, 9.17) is 0 Å². The topological polar surface area (TPSA) is 101 Å². The van der Waals surface area contributed by atoms with Gasteiger partial charge in [-0.1, -0.05) is 6.92 Å². The fourth-order valence-electron chi connectivity index (χ4n) is 2.33. The van der Waals surface area contributed by atoms with Crippen LogP contribution in [0.3, 0.4) is 0 Å². The molecule has 0 spiro atoms. The van der Waals surface area contributed by atoms with Gasteiger partial charge in [0.05, 0.1) is 9.82 Å². The molecule has 0 aliphatic heterocycles. The maximum Gasteiger partial charge on any atom is 0.293 e. The van der Waals surface area contributed by atoms with E-state index in [9.17, 15) is 18.5 Å². The fourth-order valence-corrected chi connectivity index (χ4v) is 3.61. The summed E-state index contributed by atoms with van der Waals surface area (Å²) in [5.41, 5.74) is 0.0311. The number of benzene rings is 1. The van der Waals surface area contributed by atoms with E-state index in [2.05, 4.69) is 17.0 Å². The van der Waals surface area contributed by atoms with Crippen LogP contribution in [0.5, 0.6) is 0 Å². The number of sulfonamides is 1. The van der Waals surface area contributed by atoms with Crippen LogP contribution in [0.2, 0.25) is 0 Å². The number of hydrogen-bond acceptors (Lipinski definition) is 5. The molecule has 0 saturated heterocycles. The Morgan fingerprint density at radius 1 is 1.35 bits per heavy atom. The lowest BCUT2D eigenvalue weighted by molar-refractivity contribution is -0.384. The summed E-state index contributed by atoms with van der Waals surface area (Å²) in [7, 11) is -2.16. The first-order valence-electron chi connectivity index (χ1n) is 6.32. The predicted molar refractivity (Wildman–Crippen MR) is 75.2 cm³/mol. The maximum absolute atomic E-state index is 12.2. The van der Waals surface area contributed by atoms with Gasteiger partial charge < -0.3 is 5.32 Å². The van der Waals surface area contributed by atoms with Crippen LogP contribution < -0.4 is 10.0 Å². The molecule has 1 aromatic carbocycles. The van der Waals surface area contributed by atoms with E-state index in [1.165, 1.54) is 12.1 Å². The zero-order valence-electron chi connectivity index (χ0n) is 11.3. The Morgan fingerprint density at radius 3 is 2.50 bits per heavy atom. The second-order valence-corrected chi connectivity index (χ2v) is 6.79. The number of nitro groups is 1. The van der Waals surface area contributed by atoms with E-state index < -0.39 is 14.9 Å².